The lowest BCUT2D eigenvalue weighted by Gasteiger charge is -2.50. The summed E-state index contributed by atoms with van der Waals surface area (Å²) in [6.07, 6.45) is -36.7. The Bertz CT molecular complexity index is 2410. The Morgan fingerprint density at radius 1 is 0.310 bits per heavy atom. The summed E-state index contributed by atoms with van der Waals surface area (Å²) in [4.78, 5) is 165. The maximum atomic E-state index is 13.4. The van der Waals surface area contributed by atoms with Crippen molar-refractivity contribution < 1.29 is 157 Å². The highest BCUT2D eigenvalue weighted by molar-refractivity contribution is 5.74. The summed E-state index contributed by atoms with van der Waals surface area (Å²) in [6, 6.07) is -1.71. The van der Waals surface area contributed by atoms with Gasteiger partial charge in [0.15, 0.2) is 80.1 Å². The number of hydrogen-bond acceptors (Lipinski definition) is 33. The lowest BCUT2D eigenvalue weighted by Crippen LogP contribution is -2.70. The van der Waals surface area contributed by atoms with Gasteiger partial charge in [0.2, 0.25) is 5.91 Å². The van der Waals surface area contributed by atoms with E-state index in [9.17, 15) is 67.4 Å². The van der Waals surface area contributed by atoms with Crippen LogP contribution in [0.1, 0.15) is 90.0 Å². The van der Waals surface area contributed by atoms with Crippen LogP contribution in [0.4, 0.5) is 0 Å². The van der Waals surface area contributed by atoms with Crippen LogP contribution in [0.5, 0.6) is 0 Å². The van der Waals surface area contributed by atoms with Gasteiger partial charge in [-0.1, -0.05) is 0 Å². The summed E-state index contributed by atoms with van der Waals surface area (Å²) in [5, 5.41) is 13.6. The maximum absolute atomic E-state index is 13.4. The fraction of sp³-hybridized carbons (Fsp3) is 0.740. The van der Waals surface area contributed by atoms with Crippen LogP contribution >= 0.6 is 0 Å². The molecule has 34 nitrogen and oxygen atoms in total. The molecule has 0 bridgehead atoms. The number of carbonyl (C=O) groups excluding carboxylic acids is 13. The number of aliphatic hydroxyl groups excluding tert-OH is 1. The van der Waals surface area contributed by atoms with Gasteiger partial charge in [-0.15, -0.1) is 0 Å². The van der Waals surface area contributed by atoms with E-state index in [2.05, 4.69) is 5.32 Å². The maximum Gasteiger partial charge on any atom is 0.303 e. The van der Waals surface area contributed by atoms with Gasteiger partial charge >= 0.3 is 71.6 Å². The van der Waals surface area contributed by atoms with Gasteiger partial charge < -0.3 is 100 Å². The van der Waals surface area contributed by atoms with E-state index >= 15 is 0 Å². The minimum atomic E-state index is -2.26. The molecule has 0 aromatic heterocycles. The average molecular weight is 1210 g/mol. The van der Waals surface area contributed by atoms with Crippen molar-refractivity contribution >= 4 is 77.5 Å². The average Bonchev–Trinajstić information content (AvgIpc) is 1.25. The van der Waals surface area contributed by atoms with Crippen molar-refractivity contribution in [2.24, 2.45) is 0 Å². The van der Waals surface area contributed by atoms with E-state index in [4.69, 9.17) is 90.0 Å². The van der Waals surface area contributed by atoms with E-state index in [0.717, 1.165) is 90.0 Å². The zero-order valence-electron chi connectivity index (χ0n) is 47.9. The summed E-state index contributed by atoms with van der Waals surface area (Å²) in [5.74, 6) is -13.1. The van der Waals surface area contributed by atoms with E-state index in [-0.39, 0.29) is 0 Å². The van der Waals surface area contributed by atoms with Crippen molar-refractivity contribution in [3.63, 3.8) is 0 Å². The van der Waals surface area contributed by atoms with E-state index < -0.39 is 227 Å². The molecular weight excluding hydrogens is 1140 g/mol. The fourth-order valence-electron chi connectivity index (χ4n) is 9.19. The van der Waals surface area contributed by atoms with Crippen LogP contribution in [-0.2, 0) is 152 Å². The molecule has 2 N–H and O–H groups in total. The summed E-state index contributed by atoms with van der Waals surface area (Å²) in [5.41, 5.74) is 0. The second kappa shape index (κ2) is 31.6. The molecule has 0 aromatic rings. The number of ether oxygens (including phenoxy) is 19. The van der Waals surface area contributed by atoms with Gasteiger partial charge in [0.25, 0.3) is 0 Å². The monoisotopic (exact) mass is 1210 g/mol. The van der Waals surface area contributed by atoms with Gasteiger partial charge in [-0.2, -0.15) is 0 Å². The normalized spacial score (nSPS) is 32.7. The zero-order chi connectivity index (χ0) is 63.0. The topological polar surface area (TPSA) is 430 Å². The first kappa shape index (κ1) is 69.3. The quantitative estimate of drug-likeness (QED) is 0.0773. The highest BCUT2D eigenvalue weighted by Gasteiger charge is 2.61. The number of carbonyl (C=O) groups is 13. The van der Waals surface area contributed by atoms with E-state index in [1.165, 1.54) is 0 Å². The van der Waals surface area contributed by atoms with Gasteiger partial charge in [0.1, 0.15) is 62.5 Å². The highest BCUT2D eigenvalue weighted by atomic mass is 16.8. The third-order valence-corrected chi connectivity index (χ3v) is 11.9. The summed E-state index contributed by atoms with van der Waals surface area (Å²) < 4.78 is 110. The minimum Gasteiger partial charge on any atom is -0.463 e. The first-order valence-electron chi connectivity index (χ1n) is 25.7. The SMILES string of the molecule is CC(=O)NC1C(O)OC(COC(C)=O)[C@@H](O[C@@H]2OC(CO[C@H]3OC(COC(C)=O)[C@@H](OC(C)=O)[C@H](OC(C)=O)C3OC(C)=O)[C@@H](OC(C)=O)[C@H](O[C@H]3O[C@@H](COC(C)=O)[C@@H](OC(C)=O)C(OC(C)=O)C3OC(C)=O)C2OC(C)=O)[C@@H]1OC(C)=O. The van der Waals surface area contributed by atoms with Crippen LogP contribution in [0.15, 0.2) is 0 Å². The van der Waals surface area contributed by atoms with Crippen molar-refractivity contribution in [3.05, 3.63) is 0 Å². The fourth-order valence-corrected chi connectivity index (χ4v) is 9.19. The highest BCUT2D eigenvalue weighted by Crippen LogP contribution is 2.39. The summed E-state index contributed by atoms with van der Waals surface area (Å²) >= 11 is 0. The van der Waals surface area contributed by atoms with Crippen LogP contribution in [-0.4, -0.2) is 232 Å². The van der Waals surface area contributed by atoms with E-state index in [1.807, 2.05) is 0 Å². The van der Waals surface area contributed by atoms with Crippen molar-refractivity contribution in [1.82, 2.24) is 5.32 Å². The third-order valence-electron chi connectivity index (χ3n) is 11.9. The van der Waals surface area contributed by atoms with Gasteiger partial charge in [0, 0.05) is 90.0 Å². The van der Waals surface area contributed by atoms with Crippen molar-refractivity contribution in [3.8, 4) is 0 Å². The largest absolute Gasteiger partial charge is 0.463 e. The predicted molar refractivity (Wildman–Crippen MR) is 260 cm³/mol. The van der Waals surface area contributed by atoms with Crippen LogP contribution < -0.4 is 5.32 Å². The van der Waals surface area contributed by atoms with Crippen LogP contribution in [0.3, 0.4) is 0 Å². The van der Waals surface area contributed by atoms with Crippen LogP contribution in [0.25, 0.3) is 0 Å². The lowest BCUT2D eigenvalue weighted by atomic mass is 9.94. The van der Waals surface area contributed by atoms with E-state index in [1.54, 1.807) is 0 Å². The molecule has 34 heteroatoms. The number of esters is 12. The predicted octanol–water partition coefficient (Wildman–Crippen LogP) is -2.76. The van der Waals surface area contributed by atoms with E-state index in [0.29, 0.717) is 0 Å². The number of rotatable bonds is 23. The lowest BCUT2D eigenvalue weighted by molar-refractivity contribution is -0.380. The van der Waals surface area contributed by atoms with Gasteiger partial charge in [-0.3, -0.25) is 62.3 Å². The molecular formula is C50H69NO33. The van der Waals surface area contributed by atoms with Gasteiger partial charge in [0.05, 0.1) is 6.61 Å². The van der Waals surface area contributed by atoms with Gasteiger partial charge in [-0.25, -0.2) is 0 Å². The Morgan fingerprint density at radius 2 is 0.583 bits per heavy atom. The molecule has 20 atom stereocenters. The number of hydrogen-bond donors (Lipinski definition) is 2. The molecule has 0 aliphatic carbocycles. The third kappa shape index (κ3) is 20.5. The van der Waals surface area contributed by atoms with Gasteiger partial charge in [-0.05, 0) is 0 Å². The Hall–Kier alpha value is -7.21. The van der Waals surface area contributed by atoms with Crippen molar-refractivity contribution in [1.29, 1.82) is 0 Å². The summed E-state index contributed by atoms with van der Waals surface area (Å²) in [6.45, 7) is 9.04. The number of aliphatic hydroxyl groups is 1. The van der Waals surface area contributed by atoms with Crippen LogP contribution in [0, 0.1) is 0 Å². The van der Waals surface area contributed by atoms with Crippen LogP contribution in [0.2, 0.25) is 0 Å². The first-order valence-corrected chi connectivity index (χ1v) is 25.7. The molecule has 9 unspecified atom stereocenters. The Morgan fingerprint density at radius 3 is 0.940 bits per heavy atom. The second-order valence-corrected chi connectivity index (χ2v) is 19.0. The molecule has 0 radical (unpaired) electrons. The molecule has 84 heavy (non-hydrogen) atoms. The minimum absolute atomic E-state index is 0.727. The standard InChI is InChI=1S/C50H69NO33/c1-18(52)51-35-40(73-25(8)59)36(31(79-47(35)65)14-66-19(2)53)83-49-46(78-30(13)64)43(84-50-45(77-29(12)63)42(75-27(10)61)38(71-23(6)57)33(81-50)16-68-21(4)55)39(72-24(7)58)34(82-49)17-69-48-44(76-28(11)62)41(74-26(9)60)37(70-22(5)56)32(80-48)15-67-20(3)54/h31-50,65H,14-17H2,1-13H3,(H,51,52)/t31?,32?,33-,34?,35?,36+,37+,38+,39+,40+,41-,42?,43-,44?,45?,46?,47?,48-,49-,50+/m0/s1. The molecule has 0 aromatic carbocycles. The van der Waals surface area contributed by atoms with Crippen molar-refractivity contribution in [2.45, 2.75) is 213 Å². The molecule has 4 fully saturated rings. The molecule has 0 spiro atoms. The zero-order valence-corrected chi connectivity index (χ0v) is 47.9. The molecule has 0 saturated carbocycles. The Labute approximate surface area is 478 Å². The first-order chi connectivity index (χ1) is 39.3. The molecule has 4 heterocycles. The molecule has 1 amide bonds. The molecule has 4 aliphatic rings. The number of amides is 1. The molecule has 4 saturated heterocycles. The molecule has 4 rings (SSSR count). The smallest absolute Gasteiger partial charge is 0.303 e. The Balaban J connectivity index is 2.07. The second-order valence-electron chi connectivity index (χ2n) is 19.0. The summed E-state index contributed by atoms with van der Waals surface area (Å²) in [7, 11) is 0. The molecule has 472 valence electrons. The molecule has 4 aliphatic heterocycles. The Kier molecular flexibility index (Phi) is 26.1. The van der Waals surface area contributed by atoms with Crippen molar-refractivity contribution in [2.75, 3.05) is 26.4 Å². The number of nitrogens with one attached hydrogen (secondary N) is 1.